The molecule has 0 atom stereocenters. The quantitative estimate of drug-likeness (QED) is 0.835. The lowest BCUT2D eigenvalue weighted by Crippen LogP contribution is -2.52. The summed E-state index contributed by atoms with van der Waals surface area (Å²) in [6.07, 6.45) is 5.09. The SMILES string of the molecule is Cc1cccc(N2CCN(C(=O)NCCCN3CCCCC3)CC2)c1. The third-order valence-corrected chi connectivity index (χ3v) is 5.31. The number of aryl methyl sites for hydroxylation is 1. The molecule has 0 aromatic heterocycles. The minimum Gasteiger partial charge on any atom is -0.368 e. The van der Waals surface area contributed by atoms with E-state index in [-0.39, 0.29) is 6.03 Å². The summed E-state index contributed by atoms with van der Waals surface area (Å²) in [5.41, 5.74) is 2.55. The Morgan fingerprint density at radius 2 is 1.80 bits per heavy atom. The highest BCUT2D eigenvalue weighted by Gasteiger charge is 2.21. The average Bonchev–Trinajstić information content (AvgIpc) is 2.66. The van der Waals surface area contributed by atoms with Gasteiger partial charge in [-0.05, 0) is 63.5 Å². The summed E-state index contributed by atoms with van der Waals surface area (Å²) in [7, 11) is 0. The number of carbonyl (C=O) groups is 1. The van der Waals surface area contributed by atoms with Crippen molar-refractivity contribution in [2.75, 3.05) is 57.3 Å². The van der Waals surface area contributed by atoms with Crippen LogP contribution in [-0.2, 0) is 0 Å². The molecule has 138 valence electrons. The summed E-state index contributed by atoms with van der Waals surface area (Å²) in [6.45, 7) is 9.89. The molecule has 2 heterocycles. The summed E-state index contributed by atoms with van der Waals surface area (Å²) in [5.74, 6) is 0. The van der Waals surface area contributed by atoms with E-state index in [1.165, 1.54) is 43.6 Å². The molecule has 0 bridgehead atoms. The van der Waals surface area contributed by atoms with Crippen LogP contribution < -0.4 is 10.2 Å². The summed E-state index contributed by atoms with van der Waals surface area (Å²) < 4.78 is 0. The van der Waals surface area contributed by atoms with E-state index in [9.17, 15) is 4.79 Å². The zero-order chi connectivity index (χ0) is 17.5. The number of piperidine rings is 1. The van der Waals surface area contributed by atoms with Crippen LogP contribution in [0.25, 0.3) is 0 Å². The van der Waals surface area contributed by atoms with Crippen LogP contribution in [0.2, 0.25) is 0 Å². The van der Waals surface area contributed by atoms with Crippen LogP contribution in [0.15, 0.2) is 24.3 Å². The lowest BCUT2D eigenvalue weighted by molar-refractivity contribution is 0.191. The first-order valence-corrected chi connectivity index (χ1v) is 9.79. The first-order valence-electron chi connectivity index (χ1n) is 9.79. The summed E-state index contributed by atoms with van der Waals surface area (Å²) in [4.78, 5) is 19.2. The summed E-state index contributed by atoms with van der Waals surface area (Å²) in [5, 5.41) is 3.10. The van der Waals surface area contributed by atoms with E-state index >= 15 is 0 Å². The fourth-order valence-corrected chi connectivity index (χ4v) is 3.79. The lowest BCUT2D eigenvalue weighted by atomic mass is 10.1. The number of piperazine rings is 1. The van der Waals surface area contributed by atoms with Crippen molar-refractivity contribution in [2.45, 2.75) is 32.6 Å². The lowest BCUT2D eigenvalue weighted by Gasteiger charge is -2.36. The molecule has 0 saturated carbocycles. The third-order valence-electron chi connectivity index (χ3n) is 5.31. The Kier molecular flexibility index (Phi) is 6.56. The number of hydrogen-bond acceptors (Lipinski definition) is 3. The molecule has 25 heavy (non-hydrogen) atoms. The number of rotatable bonds is 5. The van der Waals surface area contributed by atoms with Crippen LogP contribution in [0, 0.1) is 6.92 Å². The van der Waals surface area contributed by atoms with Crippen LogP contribution in [-0.4, -0.2) is 68.2 Å². The standard InChI is InChI=1S/C20H32N4O/c1-18-7-5-8-19(17-18)23-13-15-24(16-14-23)20(25)21-9-6-12-22-10-3-2-4-11-22/h5,7-8,17H,2-4,6,9-16H2,1H3,(H,21,25). The van der Waals surface area contributed by atoms with E-state index in [0.29, 0.717) is 0 Å². The first kappa shape index (κ1) is 18.1. The molecule has 2 amide bonds. The largest absolute Gasteiger partial charge is 0.368 e. The molecule has 0 spiro atoms. The van der Waals surface area contributed by atoms with Crippen molar-refractivity contribution >= 4 is 11.7 Å². The molecule has 1 N–H and O–H groups in total. The van der Waals surface area contributed by atoms with Gasteiger partial charge in [-0.25, -0.2) is 4.79 Å². The van der Waals surface area contributed by atoms with Gasteiger partial charge in [0.25, 0.3) is 0 Å². The normalized spacial score (nSPS) is 19.1. The Hall–Kier alpha value is -1.75. The van der Waals surface area contributed by atoms with Crippen molar-refractivity contribution in [3.63, 3.8) is 0 Å². The number of likely N-dealkylation sites (tertiary alicyclic amines) is 1. The molecule has 2 fully saturated rings. The number of hydrogen-bond donors (Lipinski definition) is 1. The van der Waals surface area contributed by atoms with Crippen LogP contribution in [0.1, 0.15) is 31.2 Å². The summed E-state index contributed by atoms with van der Waals surface area (Å²) in [6, 6.07) is 8.70. The predicted octanol–water partition coefficient (Wildman–Crippen LogP) is 2.70. The molecule has 2 aliphatic heterocycles. The van der Waals surface area contributed by atoms with E-state index in [4.69, 9.17) is 0 Å². The Labute approximate surface area is 152 Å². The van der Waals surface area contributed by atoms with Crippen molar-refractivity contribution in [1.29, 1.82) is 0 Å². The van der Waals surface area contributed by atoms with E-state index in [1.807, 2.05) is 4.90 Å². The highest BCUT2D eigenvalue weighted by molar-refractivity contribution is 5.74. The zero-order valence-electron chi connectivity index (χ0n) is 15.5. The van der Waals surface area contributed by atoms with Gasteiger partial charge in [0, 0.05) is 38.4 Å². The zero-order valence-corrected chi connectivity index (χ0v) is 15.5. The topological polar surface area (TPSA) is 38.8 Å². The number of carbonyl (C=O) groups excluding carboxylic acids is 1. The number of anilines is 1. The first-order chi connectivity index (χ1) is 12.2. The van der Waals surface area contributed by atoms with E-state index in [1.54, 1.807) is 0 Å². The molecule has 0 radical (unpaired) electrons. The number of amides is 2. The van der Waals surface area contributed by atoms with Crippen LogP contribution in [0.4, 0.5) is 10.5 Å². The fraction of sp³-hybridized carbons (Fsp3) is 0.650. The fourth-order valence-electron chi connectivity index (χ4n) is 3.79. The Balaban J connectivity index is 1.34. The smallest absolute Gasteiger partial charge is 0.317 e. The molecular formula is C20H32N4O. The minimum atomic E-state index is 0.0996. The maximum atomic E-state index is 12.3. The molecular weight excluding hydrogens is 312 g/mol. The van der Waals surface area contributed by atoms with Gasteiger partial charge < -0.3 is 20.0 Å². The molecule has 1 aromatic carbocycles. The van der Waals surface area contributed by atoms with Crippen molar-refractivity contribution < 1.29 is 4.79 Å². The second-order valence-electron chi connectivity index (χ2n) is 7.30. The van der Waals surface area contributed by atoms with Gasteiger partial charge in [0.1, 0.15) is 0 Å². The average molecular weight is 345 g/mol. The Bertz CT molecular complexity index is 548. The monoisotopic (exact) mass is 344 g/mol. The summed E-state index contributed by atoms with van der Waals surface area (Å²) >= 11 is 0. The second kappa shape index (κ2) is 9.09. The van der Waals surface area contributed by atoms with Gasteiger partial charge >= 0.3 is 6.03 Å². The van der Waals surface area contributed by atoms with Crippen LogP contribution >= 0.6 is 0 Å². The van der Waals surface area contributed by atoms with Gasteiger partial charge in [0.2, 0.25) is 0 Å². The second-order valence-corrected chi connectivity index (χ2v) is 7.30. The van der Waals surface area contributed by atoms with Gasteiger partial charge in [0.05, 0.1) is 0 Å². The number of nitrogens with zero attached hydrogens (tertiary/aromatic N) is 3. The molecule has 2 aliphatic rings. The molecule has 5 nitrogen and oxygen atoms in total. The minimum absolute atomic E-state index is 0.0996. The number of benzene rings is 1. The van der Waals surface area contributed by atoms with Gasteiger partial charge in [0.15, 0.2) is 0 Å². The van der Waals surface area contributed by atoms with Crippen molar-refractivity contribution in [2.24, 2.45) is 0 Å². The molecule has 1 aromatic rings. The highest BCUT2D eigenvalue weighted by atomic mass is 16.2. The maximum absolute atomic E-state index is 12.3. The van der Waals surface area contributed by atoms with Crippen LogP contribution in [0.5, 0.6) is 0 Å². The molecule has 2 saturated heterocycles. The van der Waals surface area contributed by atoms with Gasteiger partial charge in [-0.2, -0.15) is 0 Å². The van der Waals surface area contributed by atoms with Gasteiger partial charge in [-0.15, -0.1) is 0 Å². The van der Waals surface area contributed by atoms with Gasteiger partial charge in [-0.1, -0.05) is 18.6 Å². The van der Waals surface area contributed by atoms with E-state index in [0.717, 1.165) is 45.7 Å². The number of urea groups is 1. The Morgan fingerprint density at radius 3 is 2.52 bits per heavy atom. The van der Waals surface area contributed by atoms with Crippen molar-refractivity contribution in [1.82, 2.24) is 15.1 Å². The molecule has 3 rings (SSSR count). The van der Waals surface area contributed by atoms with E-state index < -0.39 is 0 Å². The molecule has 0 unspecified atom stereocenters. The van der Waals surface area contributed by atoms with Crippen molar-refractivity contribution in [3.8, 4) is 0 Å². The van der Waals surface area contributed by atoms with Gasteiger partial charge in [-0.3, -0.25) is 0 Å². The maximum Gasteiger partial charge on any atom is 0.317 e. The van der Waals surface area contributed by atoms with Crippen LogP contribution in [0.3, 0.4) is 0 Å². The highest BCUT2D eigenvalue weighted by Crippen LogP contribution is 2.17. The Morgan fingerprint density at radius 1 is 1.04 bits per heavy atom. The number of nitrogens with one attached hydrogen (secondary N) is 1. The van der Waals surface area contributed by atoms with Crippen molar-refractivity contribution in [3.05, 3.63) is 29.8 Å². The predicted molar refractivity (Wildman–Crippen MR) is 103 cm³/mol. The molecule has 5 heteroatoms. The molecule has 0 aliphatic carbocycles. The van der Waals surface area contributed by atoms with E-state index in [2.05, 4.69) is 46.3 Å². The third kappa shape index (κ3) is 5.36.